The van der Waals surface area contributed by atoms with Gasteiger partial charge in [-0.25, -0.2) is 4.98 Å². The molecule has 0 saturated heterocycles. The third-order valence-corrected chi connectivity index (χ3v) is 3.56. The standard InChI is InChI=1S/C13H12N4S/c14-11(9-5-2-1-3-6-9)13-15-12(16-17-13)10-7-4-8-18-10/h1-8,11H,14H2,(H,15,16,17). The van der Waals surface area contributed by atoms with E-state index in [0.717, 1.165) is 10.4 Å². The van der Waals surface area contributed by atoms with Crippen LogP contribution in [0.1, 0.15) is 17.4 Å². The predicted molar refractivity (Wildman–Crippen MR) is 72.2 cm³/mol. The summed E-state index contributed by atoms with van der Waals surface area (Å²) < 4.78 is 0. The largest absolute Gasteiger partial charge is 0.318 e. The van der Waals surface area contributed by atoms with Crippen molar-refractivity contribution in [2.45, 2.75) is 6.04 Å². The van der Waals surface area contributed by atoms with Gasteiger partial charge in [-0.2, -0.15) is 5.10 Å². The molecule has 0 aliphatic carbocycles. The molecule has 0 radical (unpaired) electrons. The number of nitrogens with zero attached hydrogens (tertiary/aromatic N) is 2. The van der Waals surface area contributed by atoms with Crippen LogP contribution in [0.3, 0.4) is 0 Å². The number of rotatable bonds is 3. The molecular weight excluding hydrogens is 244 g/mol. The lowest BCUT2D eigenvalue weighted by Gasteiger charge is -2.07. The fraction of sp³-hybridized carbons (Fsp3) is 0.0769. The average Bonchev–Trinajstić information content (AvgIpc) is 3.09. The van der Waals surface area contributed by atoms with Crippen molar-refractivity contribution in [1.29, 1.82) is 0 Å². The van der Waals surface area contributed by atoms with Gasteiger partial charge in [0.1, 0.15) is 5.82 Å². The molecular formula is C13H12N4S. The molecule has 0 fully saturated rings. The fourth-order valence-electron chi connectivity index (χ4n) is 1.75. The molecule has 0 aliphatic rings. The minimum Gasteiger partial charge on any atom is -0.318 e. The van der Waals surface area contributed by atoms with Gasteiger partial charge in [0, 0.05) is 0 Å². The Kier molecular flexibility index (Phi) is 2.92. The van der Waals surface area contributed by atoms with E-state index in [9.17, 15) is 0 Å². The first-order valence-electron chi connectivity index (χ1n) is 5.61. The van der Waals surface area contributed by atoms with E-state index in [0.29, 0.717) is 11.6 Å². The van der Waals surface area contributed by atoms with Gasteiger partial charge in [0.15, 0.2) is 5.82 Å². The highest BCUT2D eigenvalue weighted by atomic mass is 32.1. The molecule has 1 atom stereocenters. The van der Waals surface area contributed by atoms with E-state index in [1.54, 1.807) is 11.3 Å². The van der Waals surface area contributed by atoms with Crippen LogP contribution in [0.25, 0.3) is 10.7 Å². The van der Waals surface area contributed by atoms with Crippen molar-refractivity contribution in [2.24, 2.45) is 5.73 Å². The number of nitrogens with two attached hydrogens (primary N) is 1. The second kappa shape index (κ2) is 4.72. The molecule has 5 heteroatoms. The van der Waals surface area contributed by atoms with Crippen LogP contribution in [0.2, 0.25) is 0 Å². The Morgan fingerprint density at radius 1 is 1.11 bits per heavy atom. The summed E-state index contributed by atoms with van der Waals surface area (Å²) in [4.78, 5) is 5.49. The SMILES string of the molecule is NC(c1ccccc1)c1nc(-c2cccs2)n[nH]1. The molecule has 2 aromatic heterocycles. The second-order valence-corrected chi connectivity index (χ2v) is 4.86. The van der Waals surface area contributed by atoms with Crippen molar-refractivity contribution in [3.8, 4) is 10.7 Å². The number of thiophene rings is 1. The lowest BCUT2D eigenvalue weighted by molar-refractivity contribution is 0.787. The van der Waals surface area contributed by atoms with Gasteiger partial charge < -0.3 is 5.73 Å². The molecule has 3 N–H and O–H groups in total. The maximum atomic E-state index is 6.15. The Morgan fingerprint density at radius 2 is 1.94 bits per heavy atom. The van der Waals surface area contributed by atoms with Crippen molar-refractivity contribution in [3.05, 3.63) is 59.2 Å². The first kappa shape index (κ1) is 11.1. The van der Waals surface area contributed by atoms with E-state index in [1.807, 2.05) is 47.8 Å². The molecule has 4 nitrogen and oxygen atoms in total. The van der Waals surface area contributed by atoms with Crippen LogP contribution in [0.4, 0.5) is 0 Å². The van der Waals surface area contributed by atoms with E-state index >= 15 is 0 Å². The Balaban J connectivity index is 1.90. The molecule has 18 heavy (non-hydrogen) atoms. The summed E-state index contributed by atoms with van der Waals surface area (Å²) in [5.41, 5.74) is 7.17. The van der Waals surface area contributed by atoms with Crippen molar-refractivity contribution in [3.63, 3.8) is 0 Å². The molecule has 0 saturated carbocycles. The van der Waals surface area contributed by atoms with E-state index in [-0.39, 0.29) is 6.04 Å². The molecule has 3 rings (SSSR count). The Morgan fingerprint density at radius 3 is 2.67 bits per heavy atom. The van der Waals surface area contributed by atoms with Crippen LogP contribution in [-0.2, 0) is 0 Å². The van der Waals surface area contributed by atoms with Gasteiger partial charge in [0.25, 0.3) is 0 Å². The molecule has 1 aromatic carbocycles. The van der Waals surface area contributed by atoms with Gasteiger partial charge in [0.2, 0.25) is 0 Å². The number of aromatic amines is 1. The summed E-state index contributed by atoms with van der Waals surface area (Å²) >= 11 is 1.61. The van der Waals surface area contributed by atoms with Crippen LogP contribution in [0.15, 0.2) is 47.8 Å². The highest BCUT2D eigenvalue weighted by Gasteiger charge is 2.14. The van der Waals surface area contributed by atoms with Crippen LogP contribution < -0.4 is 5.73 Å². The molecule has 1 unspecified atom stereocenters. The fourth-order valence-corrected chi connectivity index (χ4v) is 2.41. The zero-order chi connectivity index (χ0) is 12.4. The third-order valence-electron chi connectivity index (χ3n) is 2.70. The molecule has 3 aromatic rings. The zero-order valence-corrected chi connectivity index (χ0v) is 10.4. The smallest absolute Gasteiger partial charge is 0.191 e. The Bertz CT molecular complexity index is 616. The predicted octanol–water partition coefficient (Wildman–Crippen LogP) is 2.58. The first-order chi connectivity index (χ1) is 8.84. The van der Waals surface area contributed by atoms with Crippen LogP contribution in [0.5, 0.6) is 0 Å². The zero-order valence-electron chi connectivity index (χ0n) is 9.58. The number of hydrogen-bond donors (Lipinski definition) is 2. The number of H-pyrrole nitrogens is 1. The van der Waals surface area contributed by atoms with Crippen molar-refractivity contribution in [1.82, 2.24) is 15.2 Å². The number of aromatic nitrogens is 3. The molecule has 0 amide bonds. The maximum absolute atomic E-state index is 6.15. The summed E-state index contributed by atoms with van der Waals surface area (Å²) in [5.74, 6) is 1.39. The molecule has 0 spiro atoms. The van der Waals surface area contributed by atoms with E-state index in [1.165, 1.54) is 0 Å². The molecule has 0 bridgehead atoms. The molecule has 2 heterocycles. The molecule has 0 aliphatic heterocycles. The number of benzene rings is 1. The van der Waals surface area contributed by atoms with E-state index in [2.05, 4.69) is 15.2 Å². The summed E-state index contributed by atoms with van der Waals surface area (Å²) in [5, 5.41) is 9.11. The minimum atomic E-state index is -0.271. The van der Waals surface area contributed by atoms with Gasteiger partial charge in [-0.05, 0) is 17.0 Å². The van der Waals surface area contributed by atoms with Crippen molar-refractivity contribution >= 4 is 11.3 Å². The summed E-state index contributed by atoms with van der Waals surface area (Å²) in [6, 6.07) is 13.6. The van der Waals surface area contributed by atoms with E-state index < -0.39 is 0 Å². The van der Waals surface area contributed by atoms with Gasteiger partial charge in [0.05, 0.1) is 10.9 Å². The van der Waals surface area contributed by atoms with Gasteiger partial charge in [-0.15, -0.1) is 11.3 Å². The summed E-state index contributed by atoms with van der Waals surface area (Å²) in [6.07, 6.45) is 0. The van der Waals surface area contributed by atoms with Gasteiger partial charge >= 0.3 is 0 Å². The highest BCUT2D eigenvalue weighted by Crippen LogP contribution is 2.23. The molecule has 90 valence electrons. The Labute approximate surface area is 109 Å². The monoisotopic (exact) mass is 256 g/mol. The number of nitrogens with one attached hydrogen (secondary N) is 1. The second-order valence-electron chi connectivity index (χ2n) is 3.91. The van der Waals surface area contributed by atoms with Crippen LogP contribution >= 0.6 is 11.3 Å². The van der Waals surface area contributed by atoms with Crippen LogP contribution in [0, 0.1) is 0 Å². The van der Waals surface area contributed by atoms with Gasteiger partial charge in [-0.1, -0.05) is 36.4 Å². The highest BCUT2D eigenvalue weighted by molar-refractivity contribution is 7.13. The minimum absolute atomic E-state index is 0.271. The normalized spacial score (nSPS) is 12.5. The van der Waals surface area contributed by atoms with E-state index in [4.69, 9.17) is 5.73 Å². The quantitative estimate of drug-likeness (QED) is 0.756. The third kappa shape index (κ3) is 2.05. The van der Waals surface area contributed by atoms with Crippen LogP contribution in [-0.4, -0.2) is 15.2 Å². The van der Waals surface area contributed by atoms with Crippen molar-refractivity contribution < 1.29 is 0 Å². The lowest BCUT2D eigenvalue weighted by atomic mass is 10.1. The average molecular weight is 256 g/mol. The number of hydrogen-bond acceptors (Lipinski definition) is 4. The van der Waals surface area contributed by atoms with Gasteiger partial charge in [-0.3, -0.25) is 5.10 Å². The Hall–Kier alpha value is -1.98. The lowest BCUT2D eigenvalue weighted by Crippen LogP contribution is -2.13. The maximum Gasteiger partial charge on any atom is 0.191 e. The topological polar surface area (TPSA) is 67.6 Å². The summed E-state index contributed by atoms with van der Waals surface area (Å²) in [7, 11) is 0. The van der Waals surface area contributed by atoms with Crippen molar-refractivity contribution in [2.75, 3.05) is 0 Å². The first-order valence-corrected chi connectivity index (χ1v) is 6.49. The summed E-state index contributed by atoms with van der Waals surface area (Å²) in [6.45, 7) is 0.